The molecule has 0 amide bonds. The van der Waals surface area contributed by atoms with Crippen molar-refractivity contribution >= 4 is 11.9 Å². The molecule has 0 spiro atoms. The molecule has 1 N–H and O–H groups in total. The molecule has 0 heterocycles. The second-order valence-electron chi connectivity index (χ2n) is 5.35. The minimum Gasteiger partial charge on any atom is -0.492 e. The number of aliphatic imine (C=N–C) groups is 1. The fraction of sp³-hybridized carbons (Fsp3) is 0.556. The molecule has 0 fully saturated rings. The first-order valence-corrected chi connectivity index (χ1v) is 8.41. The van der Waals surface area contributed by atoms with E-state index in [4.69, 9.17) is 4.74 Å². The molecule has 0 bridgehead atoms. The van der Waals surface area contributed by atoms with Gasteiger partial charge in [0.1, 0.15) is 12.4 Å². The lowest BCUT2D eigenvalue weighted by molar-refractivity contribution is -0.140. The minimum absolute atomic E-state index is 0.166. The second kappa shape index (κ2) is 12.2. The lowest BCUT2D eigenvalue weighted by atomic mass is 10.2. The number of esters is 1. The minimum atomic E-state index is -0.166. The highest BCUT2D eigenvalue weighted by Crippen LogP contribution is 2.07. The molecular weight excluding hydrogens is 306 g/mol. The molecule has 1 rings (SSSR count). The predicted molar refractivity (Wildman–Crippen MR) is 96.4 cm³/mol. The van der Waals surface area contributed by atoms with Gasteiger partial charge in [-0.05, 0) is 31.9 Å². The standard InChI is InChI=1S/C18H29N3O3/c1-4-19-18(20-13-9-8-12-17(22)23-3)21(2)14-15-24-16-10-6-5-7-11-16/h5-7,10-11H,4,8-9,12-15H2,1-3H3,(H,19,20). The number of hydrogen-bond acceptors (Lipinski definition) is 4. The molecule has 0 aliphatic rings. The molecule has 24 heavy (non-hydrogen) atoms. The largest absolute Gasteiger partial charge is 0.492 e. The van der Waals surface area contributed by atoms with Crippen LogP contribution in [0.3, 0.4) is 0 Å². The number of carbonyl (C=O) groups excluding carboxylic acids is 1. The first-order chi connectivity index (χ1) is 11.7. The Labute approximate surface area is 144 Å². The van der Waals surface area contributed by atoms with Gasteiger partial charge in [-0.1, -0.05) is 18.2 Å². The van der Waals surface area contributed by atoms with Gasteiger partial charge in [0.15, 0.2) is 5.96 Å². The van der Waals surface area contributed by atoms with E-state index in [2.05, 4.69) is 15.0 Å². The monoisotopic (exact) mass is 335 g/mol. The summed E-state index contributed by atoms with van der Waals surface area (Å²) in [6.07, 6.45) is 2.10. The van der Waals surface area contributed by atoms with E-state index in [-0.39, 0.29) is 5.97 Å². The highest BCUT2D eigenvalue weighted by atomic mass is 16.5. The van der Waals surface area contributed by atoms with Crippen LogP contribution >= 0.6 is 0 Å². The van der Waals surface area contributed by atoms with Crippen LogP contribution in [0.2, 0.25) is 0 Å². The maximum atomic E-state index is 11.1. The number of methoxy groups -OCH3 is 1. The highest BCUT2D eigenvalue weighted by Gasteiger charge is 2.06. The van der Waals surface area contributed by atoms with Crippen molar-refractivity contribution in [2.24, 2.45) is 4.99 Å². The molecule has 1 aromatic rings. The number of nitrogens with zero attached hydrogens (tertiary/aromatic N) is 2. The summed E-state index contributed by atoms with van der Waals surface area (Å²) in [7, 11) is 3.40. The Bertz CT molecular complexity index is 492. The van der Waals surface area contributed by atoms with E-state index in [1.165, 1.54) is 7.11 Å². The molecule has 0 aromatic heterocycles. The number of guanidine groups is 1. The molecule has 0 saturated carbocycles. The number of ether oxygens (including phenoxy) is 2. The molecule has 1 aromatic carbocycles. The van der Waals surface area contributed by atoms with Crippen LogP contribution in [0.25, 0.3) is 0 Å². The van der Waals surface area contributed by atoms with Crippen LogP contribution < -0.4 is 10.1 Å². The number of nitrogens with one attached hydrogen (secondary N) is 1. The van der Waals surface area contributed by atoms with Crippen LogP contribution in [-0.2, 0) is 9.53 Å². The summed E-state index contributed by atoms with van der Waals surface area (Å²) in [5.74, 6) is 1.56. The number of unbranched alkanes of at least 4 members (excludes halogenated alkanes) is 1. The Morgan fingerprint density at radius 2 is 2.00 bits per heavy atom. The number of hydrogen-bond donors (Lipinski definition) is 1. The summed E-state index contributed by atoms with van der Waals surface area (Å²) in [6.45, 7) is 4.87. The maximum absolute atomic E-state index is 11.1. The quantitative estimate of drug-likeness (QED) is 0.308. The van der Waals surface area contributed by atoms with Crippen molar-refractivity contribution in [2.75, 3.05) is 40.4 Å². The smallest absolute Gasteiger partial charge is 0.305 e. The van der Waals surface area contributed by atoms with Gasteiger partial charge >= 0.3 is 5.97 Å². The zero-order valence-electron chi connectivity index (χ0n) is 15.0. The third-order valence-corrected chi connectivity index (χ3v) is 3.41. The Morgan fingerprint density at radius 1 is 1.25 bits per heavy atom. The number of benzene rings is 1. The predicted octanol–water partition coefficient (Wildman–Crippen LogP) is 2.31. The normalized spacial score (nSPS) is 11.0. The molecule has 0 aliphatic carbocycles. The van der Waals surface area contributed by atoms with Gasteiger partial charge in [-0.15, -0.1) is 0 Å². The fourth-order valence-corrected chi connectivity index (χ4v) is 2.06. The van der Waals surface area contributed by atoms with Crippen LogP contribution in [0.15, 0.2) is 35.3 Å². The van der Waals surface area contributed by atoms with Gasteiger partial charge in [0, 0.05) is 26.6 Å². The molecular formula is C18H29N3O3. The van der Waals surface area contributed by atoms with E-state index in [1.807, 2.05) is 49.2 Å². The molecule has 0 atom stereocenters. The van der Waals surface area contributed by atoms with Gasteiger partial charge in [-0.25, -0.2) is 0 Å². The number of likely N-dealkylation sites (N-methyl/N-ethyl adjacent to an activating group) is 1. The maximum Gasteiger partial charge on any atom is 0.305 e. The van der Waals surface area contributed by atoms with Gasteiger partial charge < -0.3 is 19.7 Å². The first-order valence-electron chi connectivity index (χ1n) is 8.41. The van der Waals surface area contributed by atoms with E-state index in [1.54, 1.807) is 0 Å². The topological polar surface area (TPSA) is 63.2 Å². The summed E-state index contributed by atoms with van der Waals surface area (Å²) < 4.78 is 10.3. The van der Waals surface area contributed by atoms with Crippen molar-refractivity contribution in [1.82, 2.24) is 10.2 Å². The summed E-state index contributed by atoms with van der Waals surface area (Å²) in [5.41, 5.74) is 0. The summed E-state index contributed by atoms with van der Waals surface area (Å²) in [4.78, 5) is 17.7. The average molecular weight is 335 g/mol. The molecule has 134 valence electrons. The van der Waals surface area contributed by atoms with Crippen LogP contribution in [0.5, 0.6) is 5.75 Å². The van der Waals surface area contributed by atoms with Gasteiger partial charge in [0.2, 0.25) is 0 Å². The number of carbonyl (C=O) groups is 1. The van der Waals surface area contributed by atoms with Crippen molar-refractivity contribution in [3.05, 3.63) is 30.3 Å². The molecule has 0 radical (unpaired) electrons. The van der Waals surface area contributed by atoms with Crippen molar-refractivity contribution in [3.63, 3.8) is 0 Å². The van der Waals surface area contributed by atoms with E-state index in [0.717, 1.165) is 37.6 Å². The third kappa shape index (κ3) is 8.41. The zero-order valence-corrected chi connectivity index (χ0v) is 15.0. The van der Waals surface area contributed by atoms with Crippen LogP contribution in [-0.4, -0.2) is 57.2 Å². The van der Waals surface area contributed by atoms with Gasteiger partial charge in [-0.2, -0.15) is 0 Å². The van der Waals surface area contributed by atoms with Crippen molar-refractivity contribution in [2.45, 2.75) is 26.2 Å². The van der Waals surface area contributed by atoms with Crippen LogP contribution in [0, 0.1) is 0 Å². The van der Waals surface area contributed by atoms with Gasteiger partial charge in [0.25, 0.3) is 0 Å². The van der Waals surface area contributed by atoms with E-state index >= 15 is 0 Å². The van der Waals surface area contributed by atoms with E-state index in [9.17, 15) is 4.79 Å². The van der Waals surface area contributed by atoms with Crippen molar-refractivity contribution in [3.8, 4) is 5.75 Å². The third-order valence-electron chi connectivity index (χ3n) is 3.41. The lowest BCUT2D eigenvalue weighted by Crippen LogP contribution is -2.41. The Kier molecular flexibility index (Phi) is 10.1. The Balaban J connectivity index is 2.33. The SMILES string of the molecule is CCNC(=NCCCCC(=O)OC)N(C)CCOc1ccccc1. The molecule has 0 unspecified atom stereocenters. The number of para-hydroxylation sites is 1. The van der Waals surface area contributed by atoms with Crippen LogP contribution in [0.4, 0.5) is 0 Å². The van der Waals surface area contributed by atoms with Crippen molar-refractivity contribution in [1.29, 1.82) is 0 Å². The van der Waals surface area contributed by atoms with Crippen molar-refractivity contribution < 1.29 is 14.3 Å². The first kappa shape index (κ1) is 19.8. The lowest BCUT2D eigenvalue weighted by Gasteiger charge is -2.22. The van der Waals surface area contributed by atoms with E-state index < -0.39 is 0 Å². The molecule has 6 heteroatoms. The summed E-state index contributed by atoms with van der Waals surface area (Å²) in [6, 6.07) is 9.77. The number of rotatable bonds is 10. The summed E-state index contributed by atoms with van der Waals surface area (Å²) in [5, 5.41) is 3.27. The fourth-order valence-electron chi connectivity index (χ4n) is 2.06. The average Bonchev–Trinajstić information content (AvgIpc) is 2.61. The summed E-state index contributed by atoms with van der Waals surface area (Å²) >= 11 is 0. The second-order valence-corrected chi connectivity index (χ2v) is 5.35. The zero-order chi connectivity index (χ0) is 17.6. The molecule has 0 aliphatic heterocycles. The van der Waals surface area contributed by atoms with Gasteiger partial charge in [0.05, 0.1) is 13.7 Å². The molecule has 0 saturated heterocycles. The highest BCUT2D eigenvalue weighted by molar-refractivity contribution is 5.79. The van der Waals surface area contributed by atoms with E-state index in [0.29, 0.717) is 19.6 Å². The van der Waals surface area contributed by atoms with Crippen LogP contribution in [0.1, 0.15) is 26.2 Å². The Hall–Kier alpha value is -2.24. The molecule has 6 nitrogen and oxygen atoms in total. The Morgan fingerprint density at radius 3 is 2.67 bits per heavy atom. The van der Waals surface area contributed by atoms with Gasteiger partial charge in [-0.3, -0.25) is 9.79 Å².